The van der Waals surface area contributed by atoms with Crippen LogP contribution in [-0.4, -0.2) is 5.91 Å². The Bertz CT molecular complexity index is 828. The van der Waals surface area contributed by atoms with E-state index >= 15 is 0 Å². The van der Waals surface area contributed by atoms with E-state index in [1.54, 1.807) is 11.1 Å². The third-order valence-corrected chi connectivity index (χ3v) is 9.58. The Labute approximate surface area is 190 Å². The summed E-state index contributed by atoms with van der Waals surface area (Å²) >= 11 is 2.32. The van der Waals surface area contributed by atoms with Gasteiger partial charge >= 0.3 is 0 Å². The zero-order chi connectivity index (χ0) is 20.8. The van der Waals surface area contributed by atoms with Crippen LogP contribution >= 0.6 is 22.6 Å². The van der Waals surface area contributed by atoms with Gasteiger partial charge in [0.15, 0.2) is 0 Å². The summed E-state index contributed by atoms with van der Waals surface area (Å²) < 4.78 is 1.11. The number of carbonyl (C=O) groups excluding carboxylic acids is 1. The average Bonchev–Trinajstić information content (AvgIpc) is 2.69. The van der Waals surface area contributed by atoms with Crippen LogP contribution in [0.25, 0.3) is 0 Å². The topological polar surface area (TPSA) is 29.1 Å². The van der Waals surface area contributed by atoms with Crippen molar-refractivity contribution in [1.82, 2.24) is 0 Å². The lowest BCUT2D eigenvalue weighted by Gasteiger charge is -2.56. The largest absolute Gasteiger partial charge is 0.325 e. The molecule has 3 aliphatic rings. The van der Waals surface area contributed by atoms with Gasteiger partial charge in [-0.2, -0.15) is 0 Å². The molecule has 0 saturated heterocycles. The van der Waals surface area contributed by atoms with Crippen LogP contribution in [0.5, 0.6) is 0 Å². The van der Waals surface area contributed by atoms with Crippen LogP contribution < -0.4 is 5.32 Å². The van der Waals surface area contributed by atoms with Gasteiger partial charge in [-0.3, -0.25) is 4.79 Å². The lowest BCUT2D eigenvalue weighted by molar-refractivity contribution is -0.135. The second kappa shape index (κ2) is 8.01. The Morgan fingerprint density at radius 3 is 2.62 bits per heavy atom. The maximum Gasteiger partial charge on any atom is 0.230 e. The van der Waals surface area contributed by atoms with Crippen molar-refractivity contribution in [1.29, 1.82) is 0 Å². The molecule has 3 aliphatic carbocycles. The number of nitrogens with one attached hydrogen (secondary N) is 1. The van der Waals surface area contributed by atoms with Gasteiger partial charge in [-0.15, -0.1) is 0 Å². The number of amides is 1. The van der Waals surface area contributed by atoms with E-state index in [2.05, 4.69) is 61.7 Å². The van der Waals surface area contributed by atoms with Crippen molar-refractivity contribution in [2.24, 2.45) is 28.6 Å². The number of halogens is 1. The molecular formula is C26H36INO. The van der Waals surface area contributed by atoms with Gasteiger partial charge in [0.2, 0.25) is 5.91 Å². The first kappa shape index (κ1) is 21.4. The van der Waals surface area contributed by atoms with E-state index in [1.165, 1.54) is 38.5 Å². The second-order valence-electron chi connectivity index (χ2n) is 10.5. The summed E-state index contributed by atoms with van der Waals surface area (Å²) in [7, 11) is 0. The number of para-hydroxylation sites is 1. The second-order valence-corrected chi connectivity index (χ2v) is 11.7. The molecule has 0 bridgehead atoms. The van der Waals surface area contributed by atoms with Crippen LogP contribution in [0.1, 0.15) is 79.1 Å². The molecule has 3 heteroatoms. The van der Waals surface area contributed by atoms with Gasteiger partial charge in [0.25, 0.3) is 0 Å². The van der Waals surface area contributed by atoms with Crippen molar-refractivity contribution < 1.29 is 4.79 Å². The van der Waals surface area contributed by atoms with Crippen LogP contribution in [0, 0.1) is 32.2 Å². The van der Waals surface area contributed by atoms with Gasteiger partial charge in [-0.25, -0.2) is 0 Å². The minimum absolute atomic E-state index is 0.212. The number of hydrogen-bond donors (Lipinski definition) is 1. The van der Waals surface area contributed by atoms with E-state index < -0.39 is 0 Å². The van der Waals surface area contributed by atoms with Crippen molar-refractivity contribution in [2.75, 3.05) is 5.32 Å². The van der Waals surface area contributed by atoms with Crippen molar-refractivity contribution in [3.8, 4) is 0 Å². The smallest absolute Gasteiger partial charge is 0.230 e. The number of fused-ring (bicyclic) bond motifs is 2. The van der Waals surface area contributed by atoms with Gasteiger partial charge in [-0.1, -0.05) is 57.4 Å². The van der Waals surface area contributed by atoms with Crippen molar-refractivity contribution in [2.45, 2.75) is 79.1 Å². The highest BCUT2D eigenvalue weighted by Crippen LogP contribution is 2.62. The fraction of sp³-hybridized carbons (Fsp3) is 0.654. The summed E-state index contributed by atoms with van der Waals surface area (Å²) in [5.74, 6) is 2.33. The number of allylic oxidation sites excluding steroid dienone is 2. The predicted molar refractivity (Wildman–Crippen MR) is 130 cm³/mol. The fourth-order valence-corrected chi connectivity index (χ4v) is 7.37. The molecule has 0 aromatic heterocycles. The highest BCUT2D eigenvalue weighted by molar-refractivity contribution is 14.1. The minimum Gasteiger partial charge on any atom is -0.325 e. The maximum atomic E-state index is 13.6. The molecule has 4 rings (SSSR count). The number of hydrogen-bond acceptors (Lipinski definition) is 1. The normalized spacial score (nSPS) is 34.6. The quantitative estimate of drug-likeness (QED) is 0.333. The zero-order valence-electron chi connectivity index (χ0n) is 18.5. The van der Waals surface area contributed by atoms with Crippen LogP contribution in [0.15, 0.2) is 35.4 Å². The van der Waals surface area contributed by atoms with Gasteiger partial charge in [-0.05, 0) is 103 Å². The molecule has 29 heavy (non-hydrogen) atoms. The standard InChI is InChI=1S/C26H36INO/c1-17(2)18-10-12-20-19(16-18)11-13-23-25(20,3)14-7-15-26(23,4)24(29)28-22-9-6-5-8-21(22)27/h5-6,8-9,17-18,23H,7,10-16H2,1-4H3,(H,28,29)/t18?,23?,25?,26-/m1/s1. The molecule has 1 saturated carbocycles. The SMILES string of the molecule is CC(C)C1CCC2=C(CCC3C2(C)CCC[C@@]3(C)C(=O)Nc2ccccc2I)C1. The molecule has 0 radical (unpaired) electrons. The summed E-state index contributed by atoms with van der Waals surface area (Å²) in [5.41, 5.74) is 4.40. The summed E-state index contributed by atoms with van der Waals surface area (Å²) in [6, 6.07) is 8.13. The third kappa shape index (κ3) is 3.70. The Morgan fingerprint density at radius 1 is 1.14 bits per heavy atom. The molecule has 0 spiro atoms. The van der Waals surface area contributed by atoms with E-state index in [4.69, 9.17) is 0 Å². The monoisotopic (exact) mass is 505 g/mol. The van der Waals surface area contributed by atoms with Crippen molar-refractivity contribution in [3.63, 3.8) is 0 Å². The van der Waals surface area contributed by atoms with Crippen LogP contribution in [-0.2, 0) is 4.79 Å². The van der Waals surface area contributed by atoms with Crippen LogP contribution in [0.3, 0.4) is 0 Å². The molecule has 1 amide bonds. The van der Waals surface area contributed by atoms with Crippen molar-refractivity contribution >= 4 is 34.2 Å². The van der Waals surface area contributed by atoms with Crippen molar-refractivity contribution in [3.05, 3.63) is 39.0 Å². The van der Waals surface area contributed by atoms with Gasteiger partial charge < -0.3 is 5.32 Å². The first-order valence-corrected chi connectivity index (χ1v) is 12.6. The molecule has 1 aromatic carbocycles. The van der Waals surface area contributed by atoms with E-state index in [0.29, 0.717) is 5.92 Å². The molecule has 1 N–H and O–H groups in total. The molecule has 0 aliphatic heterocycles. The lowest BCUT2D eigenvalue weighted by atomic mass is 9.48. The third-order valence-electron chi connectivity index (χ3n) is 8.64. The summed E-state index contributed by atoms with van der Waals surface area (Å²) in [6.45, 7) is 9.53. The molecule has 1 aromatic rings. The Balaban J connectivity index is 1.62. The Kier molecular flexibility index (Phi) is 5.91. The number of benzene rings is 1. The zero-order valence-corrected chi connectivity index (χ0v) is 20.6. The van der Waals surface area contributed by atoms with E-state index in [9.17, 15) is 4.79 Å². The van der Waals surface area contributed by atoms with E-state index in [0.717, 1.165) is 33.9 Å². The number of carbonyl (C=O) groups is 1. The van der Waals surface area contributed by atoms with Gasteiger partial charge in [0, 0.05) is 3.57 Å². The maximum absolute atomic E-state index is 13.6. The van der Waals surface area contributed by atoms with Crippen LogP contribution in [0.2, 0.25) is 0 Å². The molecule has 0 heterocycles. The molecule has 158 valence electrons. The Morgan fingerprint density at radius 2 is 1.90 bits per heavy atom. The summed E-state index contributed by atoms with van der Waals surface area (Å²) in [5, 5.41) is 3.30. The van der Waals surface area contributed by atoms with Gasteiger partial charge in [0.05, 0.1) is 11.1 Å². The average molecular weight is 505 g/mol. The Hall–Kier alpha value is -0.840. The fourth-order valence-electron chi connectivity index (χ4n) is 6.85. The minimum atomic E-state index is -0.278. The molecule has 2 nitrogen and oxygen atoms in total. The highest BCUT2D eigenvalue weighted by Gasteiger charge is 2.56. The lowest BCUT2D eigenvalue weighted by Crippen LogP contribution is -2.52. The molecule has 4 atom stereocenters. The summed E-state index contributed by atoms with van der Waals surface area (Å²) in [6.07, 6.45) is 9.73. The predicted octanol–water partition coefficient (Wildman–Crippen LogP) is 7.59. The molecular weight excluding hydrogens is 469 g/mol. The number of rotatable bonds is 3. The summed E-state index contributed by atoms with van der Waals surface area (Å²) in [4.78, 5) is 13.6. The first-order chi connectivity index (χ1) is 13.8. The molecule has 3 unspecified atom stereocenters. The van der Waals surface area contributed by atoms with Gasteiger partial charge in [0.1, 0.15) is 0 Å². The molecule has 1 fully saturated rings. The van der Waals surface area contributed by atoms with E-state index in [-0.39, 0.29) is 16.7 Å². The van der Waals surface area contributed by atoms with E-state index in [1.807, 2.05) is 18.2 Å². The number of anilines is 1. The first-order valence-electron chi connectivity index (χ1n) is 11.5. The highest BCUT2D eigenvalue weighted by atomic mass is 127. The van der Waals surface area contributed by atoms with Crippen LogP contribution in [0.4, 0.5) is 5.69 Å².